The Kier molecular flexibility index (Phi) is 6.05. The summed E-state index contributed by atoms with van der Waals surface area (Å²) in [5, 5.41) is 23.4. The lowest BCUT2D eigenvalue weighted by atomic mass is 9.93. The molecule has 1 aliphatic carbocycles. The van der Waals surface area contributed by atoms with E-state index in [2.05, 4.69) is 30.8 Å². The molecule has 0 saturated heterocycles. The number of aliphatic hydroxyl groups excluding tert-OH is 1. The zero-order chi connectivity index (χ0) is 17.5. The third kappa shape index (κ3) is 5.06. The highest BCUT2D eigenvalue weighted by Gasteiger charge is 2.19. The largest absolute Gasteiger partial charge is 0.461 e. The van der Waals surface area contributed by atoms with Gasteiger partial charge in [0.05, 0.1) is 12.4 Å². The third-order valence-corrected chi connectivity index (χ3v) is 4.27. The van der Waals surface area contributed by atoms with Crippen molar-refractivity contribution in [3.8, 4) is 11.6 Å². The minimum atomic E-state index is -0.146. The van der Waals surface area contributed by atoms with Gasteiger partial charge in [-0.25, -0.2) is 4.98 Å². The predicted molar refractivity (Wildman–Crippen MR) is 95.2 cm³/mol. The monoisotopic (exact) mass is 346 g/mol. The summed E-state index contributed by atoms with van der Waals surface area (Å²) >= 11 is 0. The maximum absolute atomic E-state index is 9.61. The average molecular weight is 346 g/mol. The van der Waals surface area contributed by atoms with Gasteiger partial charge in [-0.15, -0.1) is 0 Å². The van der Waals surface area contributed by atoms with Crippen LogP contribution in [0.25, 0.3) is 11.6 Å². The van der Waals surface area contributed by atoms with E-state index in [-0.39, 0.29) is 6.10 Å². The van der Waals surface area contributed by atoms with Crippen molar-refractivity contribution >= 4 is 5.96 Å². The van der Waals surface area contributed by atoms with Gasteiger partial charge < -0.3 is 20.2 Å². The first-order valence-corrected chi connectivity index (χ1v) is 8.92. The first-order valence-electron chi connectivity index (χ1n) is 8.92. The summed E-state index contributed by atoms with van der Waals surface area (Å²) < 4.78 is 5.29. The molecule has 2 aromatic rings. The van der Waals surface area contributed by atoms with E-state index in [1.165, 1.54) is 0 Å². The number of nitrogens with one attached hydrogen (secondary N) is 3. The number of hydrogen-bond acceptors (Lipinski definition) is 5. The molecule has 8 heteroatoms. The lowest BCUT2D eigenvalue weighted by Crippen LogP contribution is -2.45. The maximum Gasteiger partial charge on any atom is 0.216 e. The molecule has 1 aliphatic rings. The zero-order valence-corrected chi connectivity index (χ0v) is 14.5. The molecule has 0 atom stereocenters. The molecule has 0 aromatic carbocycles. The van der Waals surface area contributed by atoms with Crippen LogP contribution in [0.3, 0.4) is 0 Å². The number of hydrogen-bond donors (Lipinski definition) is 4. The van der Waals surface area contributed by atoms with Gasteiger partial charge >= 0.3 is 0 Å². The Hall–Kier alpha value is -2.35. The van der Waals surface area contributed by atoms with Crippen molar-refractivity contribution in [2.75, 3.05) is 13.1 Å². The number of aromatic amines is 1. The van der Waals surface area contributed by atoms with Crippen LogP contribution in [-0.4, -0.2) is 51.5 Å². The number of aliphatic hydroxyl groups is 1. The number of rotatable bonds is 6. The van der Waals surface area contributed by atoms with E-state index < -0.39 is 0 Å². The zero-order valence-electron chi connectivity index (χ0n) is 14.5. The molecule has 25 heavy (non-hydrogen) atoms. The molecule has 0 spiro atoms. The van der Waals surface area contributed by atoms with Crippen molar-refractivity contribution in [1.82, 2.24) is 25.8 Å². The number of aliphatic imine (C=N–C) groups is 1. The molecule has 0 unspecified atom stereocenters. The first kappa shape index (κ1) is 17.5. The number of guanidine groups is 1. The molecule has 0 amide bonds. The van der Waals surface area contributed by atoms with E-state index in [4.69, 9.17) is 4.42 Å². The Morgan fingerprint density at radius 3 is 2.96 bits per heavy atom. The summed E-state index contributed by atoms with van der Waals surface area (Å²) in [6.07, 6.45) is 5.78. The fraction of sp³-hybridized carbons (Fsp3) is 0.588. The van der Waals surface area contributed by atoms with E-state index in [9.17, 15) is 5.11 Å². The minimum Gasteiger partial charge on any atom is -0.461 e. The van der Waals surface area contributed by atoms with Crippen LogP contribution in [0.2, 0.25) is 0 Å². The van der Waals surface area contributed by atoms with Crippen molar-refractivity contribution in [3.05, 3.63) is 24.2 Å². The van der Waals surface area contributed by atoms with Crippen LogP contribution in [0, 0.1) is 0 Å². The summed E-state index contributed by atoms with van der Waals surface area (Å²) in [6.45, 7) is 3.47. The van der Waals surface area contributed by atoms with E-state index in [0.29, 0.717) is 30.6 Å². The Bertz CT molecular complexity index is 658. The van der Waals surface area contributed by atoms with Gasteiger partial charge in [0.25, 0.3) is 0 Å². The maximum atomic E-state index is 9.61. The lowest BCUT2D eigenvalue weighted by Gasteiger charge is -2.27. The molecule has 4 N–H and O–H groups in total. The molecule has 0 radical (unpaired) electrons. The Morgan fingerprint density at radius 2 is 2.24 bits per heavy atom. The standard InChI is InChI=1S/C17H26N6O2/c1-2-18-17(20-12-5-7-13(24)8-6-12)19-10-9-15-21-16(23-22-15)14-4-3-11-25-14/h3-4,11-13,24H,2,5-10H2,1H3,(H2,18,19,20)(H,21,22,23). The Labute approximate surface area is 147 Å². The molecule has 1 saturated carbocycles. The molecule has 8 nitrogen and oxygen atoms in total. The van der Waals surface area contributed by atoms with Crippen LogP contribution in [0.5, 0.6) is 0 Å². The van der Waals surface area contributed by atoms with Crippen LogP contribution in [-0.2, 0) is 6.42 Å². The quantitative estimate of drug-likeness (QED) is 0.465. The topological polar surface area (TPSA) is 111 Å². The smallest absolute Gasteiger partial charge is 0.216 e. The summed E-state index contributed by atoms with van der Waals surface area (Å²) in [6, 6.07) is 4.02. The molecule has 3 rings (SSSR count). The second kappa shape index (κ2) is 8.66. The van der Waals surface area contributed by atoms with Gasteiger partial charge in [0, 0.05) is 25.6 Å². The summed E-state index contributed by atoms with van der Waals surface area (Å²) in [5.41, 5.74) is 0. The molecular weight excluding hydrogens is 320 g/mol. The van der Waals surface area contributed by atoms with Gasteiger partial charge in [0.1, 0.15) is 5.82 Å². The van der Waals surface area contributed by atoms with E-state index in [0.717, 1.165) is 44.0 Å². The first-order chi connectivity index (χ1) is 12.2. The molecular formula is C17H26N6O2. The SMILES string of the molecule is CCNC(=NCCc1nc(-c2ccco2)n[nH]1)NC1CCC(O)CC1. The van der Waals surface area contributed by atoms with Crippen LogP contribution in [0.4, 0.5) is 0 Å². The molecule has 0 aliphatic heterocycles. The lowest BCUT2D eigenvalue weighted by molar-refractivity contribution is 0.120. The van der Waals surface area contributed by atoms with Gasteiger partial charge in [-0.05, 0) is 44.7 Å². The van der Waals surface area contributed by atoms with Gasteiger partial charge in [0.15, 0.2) is 11.7 Å². The molecule has 0 bridgehead atoms. The van der Waals surface area contributed by atoms with Crippen molar-refractivity contribution in [1.29, 1.82) is 0 Å². The highest BCUT2D eigenvalue weighted by Crippen LogP contribution is 2.18. The number of aromatic nitrogens is 3. The Morgan fingerprint density at radius 1 is 1.40 bits per heavy atom. The van der Waals surface area contributed by atoms with Gasteiger partial charge in [-0.2, -0.15) is 5.10 Å². The number of nitrogens with zero attached hydrogens (tertiary/aromatic N) is 3. The predicted octanol–water partition coefficient (Wildman–Crippen LogP) is 1.47. The molecule has 2 aromatic heterocycles. The Balaban J connectivity index is 1.51. The van der Waals surface area contributed by atoms with Crippen LogP contribution < -0.4 is 10.6 Å². The molecule has 136 valence electrons. The normalized spacial score (nSPS) is 21.3. The summed E-state index contributed by atoms with van der Waals surface area (Å²) in [4.78, 5) is 9.04. The number of H-pyrrole nitrogens is 1. The minimum absolute atomic E-state index is 0.146. The molecule has 1 fully saturated rings. The third-order valence-electron chi connectivity index (χ3n) is 4.27. The van der Waals surface area contributed by atoms with Crippen molar-refractivity contribution in [2.24, 2.45) is 4.99 Å². The van der Waals surface area contributed by atoms with Crippen molar-refractivity contribution < 1.29 is 9.52 Å². The van der Waals surface area contributed by atoms with Crippen LogP contribution in [0.15, 0.2) is 27.8 Å². The van der Waals surface area contributed by atoms with Gasteiger partial charge in [0.2, 0.25) is 5.82 Å². The average Bonchev–Trinajstić information content (AvgIpc) is 3.28. The van der Waals surface area contributed by atoms with E-state index in [1.54, 1.807) is 6.26 Å². The fourth-order valence-corrected chi connectivity index (χ4v) is 2.93. The summed E-state index contributed by atoms with van der Waals surface area (Å²) in [7, 11) is 0. The van der Waals surface area contributed by atoms with Crippen molar-refractivity contribution in [2.45, 2.75) is 51.2 Å². The number of furan rings is 1. The summed E-state index contributed by atoms with van der Waals surface area (Å²) in [5.74, 6) is 2.82. The highest BCUT2D eigenvalue weighted by atomic mass is 16.3. The second-order valence-corrected chi connectivity index (χ2v) is 6.24. The fourth-order valence-electron chi connectivity index (χ4n) is 2.93. The van der Waals surface area contributed by atoms with Crippen LogP contribution in [0.1, 0.15) is 38.4 Å². The second-order valence-electron chi connectivity index (χ2n) is 6.24. The van der Waals surface area contributed by atoms with Gasteiger partial charge in [-0.1, -0.05) is 0 Å². The van der Waals surface area contributed by atoms with Crippen molar-refractivity contribution in [3.63, 3.8) is 0 Å². The van der Waals surface area contributed by atoms with Crippen LogP contribution >= 0.6 is 0 Å². The van der Waals surface area contributed by atoms with E-state index >= 15 is 0 Å². The molecule has 2 heterocycles. The van der Waals surface area contributed by atoms with E-state index in [1.807, 2.05) is 19.1 Å². The highest BCUT2D eigenvalue weighted by molar-refractivity contribution is 5.80. The van der Waals surface area contributed by atoms with Gasteiger partial charge in [-0.3, -0.25) is 10.1 Å².